The van der Waals surface area contributed by atoms with E-state index in [0.29, 0.717) is 11.9 Å². The Balaban J connectivity index is 1.41. The van der Waals surface area contributed by atoms with Crippen LogP contribution in [-0.2, 0) is 4.79 Å². The van der Waals surface area contributed by atoms with Gasteiger partial charge in [0.25, 0.3) is 0 Å². The van der Waals surface area contributed by atoms with E-state index in [1.54, 1.807) is 0 Å². The molecule has 0 radical (unpaired) electrons. The summed E-state index contributed by atoms with van der Waals surface area (Å²) in [5.41, 5.74) is 1.03. The van der Waals surface area contributed by atoms with E-state index in [1.807, 2.05) is 38.1 Å². The first-order valence-electron chi connectivity index (χ1n) is 11.2. The van der Waals surface area contributed by atoms with Crippen LogP contribution in [0.5, 0.6) is 0 Å². The first-order valence-corrected chi connectivity index (χ1v) is 11.2. The van der Waals surface area contributed by atoms with Crippen molar-refractivity contribution in [1.82, 2.24) is 25.4 Å². The molecule has 1 aromatic heterocycles. The second-order valence-corrected chi connectivity index (χ2v) is 9.71. The van der Waals surface area contributed by atoms with Crippen LogP contribution in [0.1, 0.15) is 65.0 Å². The number of carbonyl (C=O) groups is 2. The highest BCUT2D eigenvalue weighted by atomic mass is 16.2. The third-order valence-corrected chi connectivity index (χ3v) is 6.25. The van der Waals surface area contributed by atoms with E-state index in [-0.39, 0.29) is 23.5 Å². The van der Waals surface area contributed by atoms with Crippen molar-refractivity contribution < 1.29 is 9.59 Å². The van der Waals surface area contributed by atoms with Crippen LogP contribution in [0, 0.1) is 5.92 Å². The standard InChI is InChI=1S/C23H37N5O2/c1-17(18-5-11-24-12-6-18)27-13-7-19(8-14-27)21(29)28-15-9-20(10-16-28)25-22(30)26-23(2,3)4/h5-6,11-12,17,19-20H,7-10,13-16H2,1-4H3,(H2,25,26,30). The Morgan fingerprint density at radius 1 is 1.03 bits per heavy atom. The third kappa shape index (κ3) is 6.17. The molecule has 0 aliphatic carbocycles. The minimum Gasteiger partial charge on any atom is -0.342 e. The molecular formula is C23H37N5O2. The summed E-state index contributed by atoms with van der Waals surface area (Å²) in [6.07, 6.45) is 7.16. The largest absolute Gasteiger partial charge is 0.342 e. The molecule has 0 spiro atoms. The van der Waals surface area contributed by atoms with Crippen LogP contribution in [0.15, 0.2) is 24.5 Å². The first kappa shape index (κ1) is 22.5. The maximum Gasteiger partial charge on any atom is 0.315 e. The van der Waals surface area contributed by atoms with E-state index in [9.17, 15) is 9.59 Å². The van der Waals surface area contributed by atoms with Gasteiger partial charge in [0.1, 0.15) is 0 Å². The second-order valence-electron chi connectivity index (χ2n) is 9.71. The number of carbonyl (C=O) groups excluding carboxylic acids is 2. The summed E-state index contributed by atoms with van der Waals surface area (Å²) >= 11 is 0. The highest BCUT2D eigenvalue weighted by Gasteiger charge is 2.32. The van der Waals surface area contributed by atoms with Gasteiger partial charge in [-0.25, -0.2) is 4.79 Å². The molecule has 30 heavy (non-hydrogen) atoms. The molecule has 7 nitrogen and oxygen atoms in total. The van der Waals surface area contributed by atoms with E-state index in [2.05, 4.69) is 39.6 Å². The zero-order valence-electron chi connectivity index (χ0n) is 18.9. The molecule has 166 valence electrons. The Morgan fingerprint density at radius 3 is 2.20 bits per heavy atom. The van der Waals surface area contributed by atoms with E-state index < -0.39 is 0 Å². The number of nitrogens with zero attached hydrogens (tertiary/aromatic N) is 3. The number of rotatable bonds is 4. The lowest BCUT2D eigenvalue weighted by Crippen LogP contribution is -2.53. The highest BCUT2D eigenvalue weighted by molar-refractivity contribution is 5.79. The number of nitrogens with one attached hydrogen (secondary N) is 2. The van der Waals surface area contributed by atoms with Crippen molar-refractivity contribution in [2.45, 2.75) is 71.0 Å². The fourth-order valence-electron chi connectivity index (χ4n) is 4.45. The lowest BCUT2D eigenvalue weighted by Gasteiger charge is -2.39. The monoisotopic (exact) mass is 415 g/mol. The number of hydrogen-bond acceptors (Lipinski definition) is 4. The topological polar surface area (TPSA) is 77.6 Å². The smallest absolute Gasteiger partial charge is 0.315 e. The number of piperidine rings is 2. The van der Waals surface area contributed by atoms with Crippen LogP contribution < -0.4 is 10.6 Å². The van der Waals surface area contributed by atoms with Gasteiger partial charge in [0.2, 0.25) is 5.91 Å². The van der Waals surface area contributed by atoms with Crippen molar-refractivity contribution in [3.05, 3.63) is 30.1 Å². The quantitative estimate of drug-likeness (QED) is 0.793. The number of likely N-dealkylation sites (tertiary alicyclic amines) is 2. The van der Waals surface area contributed by atoms with Gasteiger partial charge in [-0.1, -0.05) is 0 Å². The fraction of sp³-hybridized carbons (Fsp3) is 0.696. The van der Waals surface area contributed by atoms with Gasteiger partial charge in [0.15, 0.2) is 0 Å². The minimum absolute atomic E-state index is 0.122. The Morgan fingerprint density at radius 2 is 1.63 bits per heavy atom. The van der Waals surface area contributed by atoms with Crippen molar-refractivity contribution in [3.8, 4) is 0 Å². The Hall–Kier alpha value is -2.15. The molecule has 1 aromatic rings. The van der Waals surface area contributed by atoms with Gasteiger partial charge in [0, 0.05) is 49.0 Å². The molecule has 0 aromatic carbocycles. The van der Waals surface area contributed by atoms with Gasteiger partial charge in [-0.05, 0) is 84.2 Å². The number of hydrogen-bond donors (Lipinski definition) is 2. The average Bonchev–Trinajstić information content (AvgIpc) is 2.72. The molecule has 1 atom stereocenters. The molecular weight excluding hydrogens is 378 g/mol. The van der Waals surface area contributed by atoms with Crippen molar-refractivity contribution in [1.29, 1.82) is 0 Å². The molecule has 2 aliphatic rings. The minimum atomic E-state index is -0.246. The van der Waals surface area contributed by atoms with Gasteiger partial charge in [-0.15, -0.1) is 0 Å². The molecule has 1 unspecified atom stereocenters. The first-order chi connectivity index (χ1) is 14.2. The molecule has 7 heteroatoms. The van der Waals surface area contributed by atoms with E-state index in [4.69, 9.17) is 0 Å². The normalized spacial score (nSPS) is 20.6. The van der Waals surface area contributed by atoms with E-state index in [0.717, 1.165) is 51.9 Å². The van der Waals surface area contributed by atoms with E-state index >= 15 is 0 Å². The van der Waals surface area contributed by atoms with Crippen molar-refractivity contribution in [2.24, 2.45) is 5.92 Å². The lowest BCUT2D eigenvalue weighted by molar-refractivity contribution is -0.138. The van der Waals surface area contributed by atoms with Gasteiger partial charge >= 0.3 is 6.03 Å². The molecule has 3 heterocycles. The summed E-state index contributed by atoms with van der Waals surface area (Å²) in [5.74, 6) is 0.420. The summed E-state index contributed by atoms with van der Waals surface area (Å²) < 4.78 is 0. The van der Waals surface area contributed by atoms with Crippen molar-refractivity contribution in [2.75, 3.05) is 26.2 Å². The summed E-state index contributed by atoms with van der Waals surface area (Å²) in [6, 6.07) is 4.51. The van der Waals surface area contributed by atoms with Crippen LogP contribution in [-0.4, -0.2) is 64.5 Å². The molecule has 3 amide bonds. The predicted octanol–water partition coefficient (Wildman–Crippen LogP) is 2.94. The lowest BCUT2D eigenvalue weighted by atomic mass is 9.92. The zero-order valence-corrected chi connectivity index (χ0v) is 18.9. The number of urea groups is 1. The van der Waals surface area contributed by atoms with Gasteiger partial charge in [-0.3, -0.25) is 14.7 Å². The van der Waals surface area contributed by atoms with Crippen molar-refractivity contribution in [3.63, 3.8) is 0 Å². The summed E-state index contributed by atoms with van der Waals surface area (Å²) in [4.78, 5) is 33.7. The highest BCUT2D eigenvalue weighted by Crippen LogP contribution is 2.28. The fourth-order valence-corrected chi connectivity index (χ4v) is 4.45. The van der Waals surface area contributed by atoms with Crippen LogP contribution in [0.2, 0.25) is 0 Å². The third-order valence-electron chi connectivity index (χ3n) is 6.25. The van der Waals surface area contributed by atoms with Crippen molar-refractivity contribution >= 4 is 11.9 Å². The molecule has 2 aliphatic heterocycles. The molecule has 2 saturated heterocycles. The summed E-state index contributed by atoms with van der Waals surface area (Å²) in [6.45, 7) is 11.5. The Labute approximate surface area is 180 Å². The van der Waals surface area contributed by atoms with E-state index in [1.165, 1.54) is 5.56 Å². The van der Waals surface area contributed by atoms with Crippen LogP contribution >= 0.6 is 0 Å². The molecule has 2 N–H and O–H groups in total. The number of amides is 3. The molecule has 0 bridgehead atoms. The molecule has 0 saturated carbocycles. The van der Waals surface area contributed by atoms with Crippen LogP contribution in [0.25, 0.3) is 0 Å². The molecule has 3 rings (SSSR count). The Kier molecular flexibility index (Phi) is 7.34. The summed E-state index contributed by atoms with van der Waals surface area (Å²) in [7, 11) is 0. The predicted molar refractivity (Wildman–Crippen MR) is 118 cm³/mol. The number of aromatic nitrogens is 1. The van der Waals surface area contributed by atoms with Crippen LogP contribution in [0.4, 0.5) is 4.79 Å². The molecule has 2 fully saturated rings. The van der Waals surface area contributed by atoms with Gasteiger partial charge < -0.3 is 15.5 Å². The SMILES string of the molecule is CC(c1ccncc1)N1CCC(C(=O)N2CCC(NC(=O)NC(C)(C)C)CC2)CC1. The Bertz CT molecular complexity index is 702. The van der Waals surface area contributed by atoms with Gasteiger partial charge in [0.05, 0.1) is 0 Å². The maximum absolute atomic E-state index is 13.0. The van der Waals surface area contributed by atoms with Crippen LogP contribution in [0.3, 0.4) is 0 Å². The zero-order chi connectivity index (χ0) is 21.7. The second kappa shape index (κ2) is 9.77. The maximum atomic E-state index is 13.0. The van der Waals surface area contributed by atoms with Gasteiger partial charge in [-0.2, -0.15) is 0 Å². The number of pyridine rings is 1. The summed E-state index contributed by atoms with van der Waals surface area (Å²) in [5, 5.41) is 5.99. The average molecular weight is 416 g/mol.